The molecule has 0 radical (unpaired) electrons. The van der Waals surface area contributed by atoms with Crippen molar-refractivity contribution in [2.45, 2.75) is 89.5 Å². The highest BCUT2D eigenvalue weighted by Gasteiger charge is 2.14. The van der Waals surface area contributed by atoms with Crippen LogP contribution in [0.3, 0.4) is 0 Å². The van der Waals surface area contributed by atoms with Crippen LogP contribution in [0, 0.1) is 0 Å². The van der Waals surface area contributed by atoms with Crippen LogP contribution in [0.25, 0.3) is 0 Å². The molecular formula is C15H29NO2. The van der Waals surface area contributed by atoms with Crippen LogP contribution in [-0.4, -0.2) is 17.2 Å². The van der Waals surface area contributed by atoms with Crippen LogP contribution in [0.2, 0.25) is 0 Å². The van der Waals surface area contributed by atoms with Crippen molar-refractivity contribution in [1.29, 1.82) is 0 Å². The number of nitrogens with one attached hydrogen (secondary N) is 1. The molecule has 2 saturated carbocycles. The van der Waals surface area contributed by atoms with E-state index in [1.54, 1.807) is 0 Å². The quantitative estimate of drug-likeness (QED) is 0.713. The SMILES string of the molecule is C1CCCCCCC1.O=C(O)NC1CCCCC1. The smallest absolute Gasteiger partial charge is 0.404 e. The summed E-state index contributed by atoms with van der Waals surface area (Å²) in [5.74, 6) is 0. The van der Waals surface area contributed by atoms with Gasteiger partial charge in [0.2, 0.25) is 0 Å². The van der Waals surface area contributed by atoms with Crippen molar-refractivity contribution < 1.29 is 9.90 Å². The number of rotatable bonds is 1. The Balaban J connectivity index is 0.000000184. The van der Waals surface area contributed by atoms with Gasteiger partial charge in [-0.15, -0.1) is 0 Å². The van der Waals surface area contributed by atoms with Gasteiger partial charge in [-0.3, -0.25) is 0 Å². The lowest BCUT2D eigenvalue weighted by Gasteiger charge is -2.20. The van der Waals surface area contributed by atoms with Crippen molar-refractivity contribution in [2.75, 3.05) is 0 Å². The minimum Gasteiger partial charge on any atom is -0.465 e. The van der Waals surface area contributed by atoms with Crippen molar-refractivity contribution in [3.05, 3.63) is 0 Å². The molecule has 0 bridgehead atoms. The van der Waals surface area contributed by atoms with Crippen LogP contribution in [0.4, 0.5) is 4.79 Å². The molecule has 0 saturated heterocycles. The van der Waals surface area contributed by atoms with E-state index in [4.69, 9.17) is 5.11 Å². The molecule has 2 N–H and O–H groups in total. The monoisotopic (exact) mass is 255 g/mol. The average molecular weight is 255 g/mol. The lowest BCUT2D eigenvalue weighted by atomic mass is 9.96. The van der Waals surface area contributed by atoms with Gasteiger partial charge in [0.05, 0.1) is 0 Å². The molecule has 2 aliphatic rings. The molecule has 0 aromatic carbocycles. The van der Waals surface area contributed by atoms with E-state index in [-0.39, 0.29) is 6.04 Å². The maximum atomic E-state index is 10.2. The van der Waals surface area contributed by atoms with Gasteiger partial charge in [0.15, 0.2) is 0 Å². The van der Waals surface area contributed by atoms with E-state index in [9.17, 15) is 4.79 Å². The number of amides is 1. The Hall–Kier alpha value is -0.730. The van der Waals surface area contributed by atoms with E-state index in [2.05, 4.69) is 5.32 Å². The summed E-state index contributed by atoms with van der Waals surface area (Å²) in [7, 11) is 0. The molecule has 2 aliphatic carbocycles. The van der Waals surface area contributed by atoms with Crippen molar-refractivity contribution in [2.24, 2.45) is 0 Å². The standard InChI is InChI=1S/C8H16.C7H13NO2/c1-2-4-6-8-7-5-3-1;9-7(10)8-6-4-2-1-3-5-6/h1-8H2;6,8H,1-5H2,(H,9,10). The molecule has 2 rings (SSSR count). The molecule has 3 heteroatoms. The first-order valence-electron chi connectivity index (χ1n) is 7.78. The summed E-state index contributed by atoms with van der Waals surface area (Å²) < 4.78 is 0. The summed E-state index contributed by atoms with van der Waals surface area (Å²) in [4.78, 5) is 10.2. The van der Waals surface area contributed by atoms with Crippen LogP contribution in [0.1, 0.15) is 83.5 Å². The molecule has 1 amide bonds. The van der Waals surface area contributed by atoms with Gasteiger partial charge < -0.3 is 10.4 Å². The molecule has 3 nitrogen and oxygen atoms in total. The van der Waals surface area contributed by atoms with Crippen LogP contribution >= 0.6 is 0 Å². The van der Waals surface area contributed by atoms with E-state index < -0.39 is 6.09 Å². The zero-order valence-electron chi connectivity index (χ0n) is 11.6. The fourth-order valence-electron chi connectivity index (χ4n) is 2.84. The molecule has 0 aromatic heterocycles. The molecule has 0 aliphatic heterocycles. The van der Waals surface area contributed by atoms with Gasteiger partial charge in [-0.1, -0.05) is 70.6 Å². The number of carboxylic acid groups (broad SMARTS) is 1. The zero-order valence-corrected chi connectivity index (χ0v) is 11.6. The minimum absolute atomic E-state index is 0.228. The highest BCUT2D eigenvalue weighted by Crippen LogP contribution is 2.17. The molecular weight excluding hydrogens is 226 g/mol. The molecule has 0 aromatic rings. The van der Waals surface area contributed by atoms with Gasteiger partial charge in [0.1, 0.15) is 0 Å². The second kappa shape index (κ2) is 10.2. The Morgan fingerprint density at radius 1 is 0.722 bits per heavy atom. The van der Waals surface area contributed by atoms with Crippen LogP contribution in [0.5, 0.6) is 0 Å². The third kappa shape index (κ3) is 8.37. The summed E-state index contributed by atoms with van der Waals surface area (Å²) in [5, 5.41) is 10.9. The fourth-order valence-corrected chi connectivity index (χ4v) is 2.84. The van der Waals surface area contributed by atoms with Gasteiger partial charge in [0, 0.05) is 6.04 Å². The van der Waals surface area contributed by atoms with E-state index in [0.29, 0.717) is 0 Å². The first-order valence-corrected chi connectivity index (χ1v) is 7.78. The Morgan fingerprint density at radius 2 is 1.06 bits per heavy atom. The largest absolute Gasteiger partial charge is 0.465 e. The van der Waals surface area contributed by atoms with Crippen molar-refractivity contribution in [3.8, 4) is 0 Å². The van der Waals surface area contributed by atoms with Gasteiger partial charge in [-0.25, -0.2) is 4.79 Å². The van der Waals surface area contributed by atoms with Crippen molar-refractivity contribution >= 4 is 6.09 Å². The van der Waals surface area contributed by atoms with E-state index >= 15 is 0 Å². The highest BCUT2D eigenvalue weighted by molar-refractivity contribution is 5.64. The van der Waals surface area contributed by atoms with Gasteiger partial charge in [-0.2, -0.15) is 0 Å². The summed E-state index contributed by atoms with van der Waals surface area (Å²) in [5.41, 5.74) is 0. The van der Waals surface area contributed by atoms with Gasteiger partial charge >= 0.3 is 6.09 Å². The first-order chi connectivity index (χ1) is 8.79. The number of hydrogen-bond donors (Lipinski definition) is 2. The summed E-state index contributed by atoms with van der Waals surface area (Å²) >= 11 is 0. The Labute approximate surface area is 111 Å². The normalized spacial score (nSPS) is 22.0. The Bertz CT molecular complexity index is 189. The number of hydrogen-bond acceptors (Lipinski definition) is 1. The summed E-state index contributed by atoms with van der Waals surface area (Å²) in [6.45, 7) is 0. The topological polar surface area (TPSA) is 49.3 Å². The van der Waals surface area contributed by atoms with Crippen LogP contribution in [0.15, 0.2) is 0 Å². The molecule has 2 fully saturated rings. The minimum atomic E-state index is -0.882. The van der Waals surface area contributed by atoms with E-state index in [1.165, 1.54) is 70.6 Å². The molecule has 0 heterocycles. The lowest BCUT2D eigenvalue weighted by Crippen LogP contribution is -2.34. The van der Waals surface area contributed by atoms with Crippen LogP contribution < -0.4 is 5.32 Å². The predicted octanol–water partition coefficient (Wildman–Crippen LogP) is 4.71. The zero-order chi connectivity index (χ0) is 13.1. The molecule has 106 valence electrons. The Kier molecular flexibility index (Phi) is 8.70. The third-order valence-corrected chi connectivity index (χ3v) is 3.93. The van der Waals surface area contributed by atoms with Crippen molar-refractivity contribution in [3.63, 3.8) is 0 Å². The maximum absolute atomic E-state index is 10.2. The second-order valence-corrected chi connectivity index (χ2v) is 5.61. The van der Waals surface area contributed by atoms with E-state index in [0.717, 1.165) is 12.8 Å². The molecule has 0 unspecified atom stereocenters. The molecule has 0 spiro atoms. The predicted molar refractivity (Wildman–Crippen MR) is 75.0 cm³/mol. The lowest BCUT2D eigenvalue weighted by molar-refractivity contribution is 0.186. The third-order valence-electron chi connectivity index (χ3n) is 3.93. The maximum Gasteiger partial charge on any atom is 0.404 e. The number of carbonyl (C=O) groups is 1. The summed E-state index contributed by atoms with van der Waals surface area (Å²) in [6, 6.07) is 0.228. The average Bonchev–Trinajstić information content (AvgIpc) is 2.29. The van der Waals surface area contributed by atoms with Crippen LogP contribution in [-0.2, 0) is 0 Å². The van der Waals surface area contributed by atoms with Gasteiger partial charge in [-0.05, 0) is 12.8 Å². The first kappa shape index (κ1) is 15.3. The van der Waals surface area contributed by atoms with Gasteiger partial charge in [0.25, 0.3) is 0 Å². The summed E-state index contributed by atoms with van der Waals surface area (Å²) in [6.07, 6.45) is 16.8. The Morgan fingerprint density at radius 3 is 1.39 bits per heavy atom. The fraction of sp³-hybridized carbons (Fsp3) is 0.933. The second-order valence-electron chi connectivity index (χ2n) is 5.61. The highest BCUT2D eigenvalue weighted by atomic mass is 16.4. The van der Waals surface area contributed by atoms with E-state index in [1.807, 2.05) is 0 Å². The molecule has 18 heavy (non-hydrogen) atoms. The van der Waals surface area contributed by atoms with Crippen molar-refractivity contribution in [1.82, 2.24) is 5.32 Å². The molecule has 0 atom stereocenters.